The number of likely N-dealkylation sites (N-methyl/N-ethyl adjacent to an activating group) is 1. The third kappa shape index (κ3) is 5.43. The molecule has 1 unspecified atom stereocenters. The van der Waals surface area contributed by atoms with Crippen LogP contribution in [-0.4, -0.2) is 62.1 Å². The van der Waals surface area contributed by atoms with Crippen LogP contribution in [0.3, 0.4) is 0 Å². The zero-order chi connectivity index (χ0) is 15.9. The Balaban J connectivity index is 1.95. The smallest absolute Gasteiger partial charge is 0.227 e. The van der Waals surface area contributed by atoms with E-state index in [1.165, 1.54) is 5.56 Å². The van der Waals surface area contributed by atoms with Crippen molar-refractivity contribution in [3.63, 3.8) is 0 Å². The summed E-state index contributed by atoms with van der Waals surface area (Å²) in [6.45, 7) is 5.26. The summed E-state index contributed by atoms with van der Waals surface area (Å²) in [5.74, 6) is 0.196. The van der Waals surface area contributed by atoms with Gasteiger partial charge in [-0.3, -0.25) is 4.79 Å². The molecule has 1 fully saturated rings. The number of ether oxygens (including phenoxy) is 1. The Labute approximate surface area is 134 Å². The van der Waals surface area contributed by atoms with Crippen LogP contribution < -0.4 is 0 Å². The van der Waals surface area contributed by atoms with E-state index in [-0.39, 0.29) is 12.0 Å². The molecule has 0 saturated carbocycles. The second-order valence-electron chi connectivity index (χ2n) is 6.44. The van der Waals surface area contributed by atoms with E-state index in [9.17, 15) is 4.79 Å². The molecule has 2 rings (SSSR count). The van der Waals surface area contributed by atoms with Crippen LogP contribution in [0.5, 0.6) is 0 Å². The molecular formula is C18H28N2O2. The zero-order valence-electron chi connectivity index (χ0n) is 14.0. The summed E-state index contributed by atoms with van der Waals surface area (Å²) in [7, 11) is 4.07. The molecule has 0 radical (unpaired) electrons. The van der Waals surface area contributed by atoms with Gasteiger partial charge in [0.1, 0.15) is 0 Å². The molecule has 0 spiro atoms. The summed E-state index contributed by atoms with van der Waals surface area (Å²) >= 11 is 0. The summed E-state index contributed by atoms with van der Waals surface area (Å²) in [5, 5.41) is 0. The van der Waals surface area contributed by atoms with Crippen molar-refractivity contribution < 1.29 is 9.53 Å². The Morgan fingerprint density at radius 3 is 2.55 bits per heavy atom. The van der Waals surface area contributed by atoms with Gasteiger partial charge < -0.3 is 14.5 Å². The lowest BCUT2D eigenvalue weighted by Gasteiger charge is -2.27. The quantitative estimate of drug-likeness (QED) is 0.773. The number of rotatable bonds is 7. The first-order valence-electron chi connectivity index (χ1n) is 8.14. The molecule has 1 atom stereocenters. The number of carbonyl (C=O) groups excluding carboxylic acids is 1. The fraction of sp³-hybridized carbons (Fsp3) is 0.611. The number of aryl methyl sites for hydroxylation is 1. The number of hydrogen-bond donors (Lipinski definition) is 0. The molecule has 0 bridgehead atoms. The van der Waals surface area contributed by atoms with Crippen molar-refractivity contribution in [2.24, 2.45) is 0 Å². The normalized spacial score (nSPS) is 17.9. The van der Waals surface area contributed by atoms with Crippen LogP contribution in [-0.2, 0) is 16.0 Å². The first-order chi connectivity index (χ1) is 10.5. The fourth-order valence-corrected chi connectivity index (χ4v) is 2.67. The molecule has 0 N–H and O–H groups in total. The molecule has 0 aromatic heterocycles. The minimum atomic E-state index is 0.196. The highest BCUT2D eigenvalue weighted by Gasteiger charge is 2.22. The van der Waals surface area contributed by atoms with Gasteiger partial charge in [0.05, 0.1) is 12.5 Å². The lowest BCUT2D eigenvalue weighted by Crippen LogP contribution is -2.42. The maximum absolute atomic E-state index is 12.6. The van der Waals surface area contributed by atoms with Crippen LogP contribution >= 0.6 is 0 Å². The number of benzene rings is 1. The van der Waals surface area contributed by atoms with Gasteiger partial charge in [0.2, 0.25) is 5.91 Å². The second-order valence-corrected chi connectivity index (χ2v) is 6.44. The molecular weight excluding hydrogens is 276 g/mol. The predicted molar refractivity (Wildman–Crippen MR) is 89.0 cm³/mol. The van der Waals surface area contributed by atoms with Crippen LogP contribution in [0.2, 0.25) is 0 Å². The van der Waals surface area contributed by atoms with Crippen molar-refractivity contribution in [3.8, 4) is 0 Å². The van der Waals surface area contributed by atoms with E-state index in [4.69, 9.17) is 4.74 Å². The van der Waals surface area contributed by atoms with Gasteiger partial charge in [0.25, 0.3) is 0 Å². The lowest BCUT2D eigenvalue weighted by atomic mass is 10.1. The van der Waals surface area contributed by atoms with Crippen molar-refractivity contribution >= 4 is 5.91 Å². The van der Waals surface area contributed by atoms with Crippen molar-refractivity contribution in [1.29, 1.82) is 0 Å². The van der Waals surface area contributed by atoms with Gasteiger partial charge in [0.15, 0.2) is 0 Å². The van der Waals surface area contributed by atoms with Gasteiger partial charge in [-0.2, -0.15) is 0 Å². The van der Waals surface area contributed by atoms with Gasteiger partial charge in [-0.25, -0.2) is 0 Å². The monoisotopic (exact) mass is 304 g/mol. The molecule has 1 aliphatic heterocycles. The molecule has 122 valence electrons. The van der Waals surface area contributed by atoms with Crippen molar-refractivity contribution in [3.05, 3.63) is 35.4 Å². The number of carbonyl (C=O) groups is 1. The highest BCUT2D eigenvalue weighted by molar-refractivity contribution is 5.78. The molecule has 22 heavy (non-hydrogen) atoms. The minimum absolute atomic E-state index is 0.196. The Hall–Kier alpha value is -1.39. The average Bonchev–Trinajstić information content (AvgIpc) is 2.98. The van der Waals surface area contributed by atoms with Crippen molar-refractivity contribution in [2.75, 3.05) is 40.3 Å². The number of amides is 1. The van der Waals surface area contributed by atoms with Crippen LogP contribution in [0.1, 0.15) is 24.0 Å². The maximum atomic E-state index is 12.6. The largest absolute Gasteiger partial charge is 0.376 e. The molecule has 1 aromatic carbocycles. The van der Waals surface area contributed by atoms with Crippen molar-refractivity contribution in [1.82, 2.24) is 9.80 Å². The van der Waals surface area contributed by atoms with E-state index in [0.717, 1.165) is 44.6 Å². The minimum Gasteiger partial charge on any atom is -0.376 e. The van der Waals surface area contributed by atoms with Gasteiger partial charge in [-0.05, 0) is 39.4 Å². The number of hydrogen-bond acceptors (Lipinski definition) is 3. The van der Waals surface area contributed by atoms with E-state index in [0.29, 0.717) is 6.42 Å². The second kappa shape index (κ2) is 8.30. The Bertz CT molecular complexity index is 464. The van der Waals surface area contributed by atoms with Crippen LogP contribution in [0.4, 0.5) is 0 Å². The standard InChI is InChI=1S/C18H28N2O2/c1-15-6-8-16(9-7-15)13-18(21)20(11-10-19(2)3)14-17-5-4-12-22-17/h6-9,17H,4-5,10-14H2,1-3H3. The topological polar surface area (TPSA) is 32.8 Å². The highest BCUT2D eigenvalue weighted by atomic mass is 16.5. The van der Waals surface area contributed by atoms with Crippen molar-refractivity contribution in [2.45, 2.75) is 32.3 Å². The molecule has 1 saturated heterocycles. The Morgan fingerprint density at radius 1 is 1.23 bits per heavy atom. The van der Waals surface area contributed by atoms with Gasteiger partial charge in [-0.15, -0.1) is 0 Å². The van der Waals surface area contributed by atoms with Gasteiger partial charge in [-0.1, -0.05) is 29.8 Å². The van der Waals surface area contributed by atoms with Gasteiger partial charge in [0, 0.05) is 26.2 Å². The molecule has 0 aliphatic carbocycles. The van der Waals surface area contributed by atoms with Crippen LogP contribution in [0, 0.1) is 6.92 Å². The Morgan fingerprint density at radius 2 is 1.95 bits per heavy atom. The van der Waals surface area contributed by atoms with E-state index in [2.05, 4.69) is 24.0 Å². The summed E-state index contributed by atoms with van der Waals surface area (Å²) in [6.07, 6.45) is 2.86. The lowest BCUT2D eigenvalue weighted by molar-refractivity contribution is -0.132. The molecule has 1 aromatic rings. The molecule has 1 amide bonds. The summed E-state index contributed by atoms with van der Waals surface area (Å²) in [6, 6.07) is 8.21. The van der Waals surface area contributed by atoms with E-state index in [1.807, 2.05) is 31.1 Å². The average molecular weight is 304 g/mol. The van der Waals surface area contributed by atoms with E-state index >= 15 is 0 Å². The summed E-state index contributed by atoms with van der Waals surface area (Å²) < 4.78 is 5.70. The third-order valence-corrected chi connectivity index (χ3v) is 4.09. The zero-order valence-corrected chi connectivity index (χ0v) is 14.0. The van der Waals surface area contributed by atoms with E-state index < -0.39 is 0 Å². The van der Waals surface area contributed by atoms with Crippen LogP contribution in [0.25, 0.3) is 0 Å². The summed E-state index contributed by atoms with van der Waals surface area (Å²) in [4.78, 5) is 16.7. The highest BCUT2D eigenvalue weighted by Crippen LogP contribution is 2.14. The predicted octanol–water partition coefficient (Wildman–Crippen LogP) is 2.11. The first kappa shape index (κ1) is 17.0. The summed E-state index contributed by atoms with van der Waals surface area (Å²) in [5.41, 5.74) is 2.30. The molecule has 1 heterocycles. The fourth-order valence-electron chi connectivity index (χ4n) is 2.67. The maximum Gasteiger partial charge on any atom is 0.227 e. The molecule has 4 heteroatoms. The Kier molecular flexibility index (Phi) is 6.40. The molecule has 1 aliphatic rings. The third-order valence-electron chi connectivity index (χ3n) is 4.09. The number of nitrogens with zero attached hydrogens (tertiary/aromatic N) is 2. The SMILES string of the molecule is Cc1ccc(CC(=O)N(CCN(C)C)CC2CCCO2)cc1. The first-order valence-corrected chi connectivity index (χ1v) is 8.14. The van der Waals surface area contributed by atoms with E-state index in [1.54, 1.807) is 0 Å². The van der Waals surface area contributed by atoms with Crippen LogP contribution in [0.15, 0.2) is 24.3 Å². The van der Waals surface area contributed by atoms with Gasteiger partial charge >= 0.3 is 0 Å². The molecule has 4 nitrogen and oxygen atoms in total.